The first-order chi connectivity index (χ1) is 9.73. The number of alkyl halides is 3. The Labute approximate surface area is 126 Å². The Bertz CT molecular complexity index is 460. The van der Waals surface area contributed by atoms with Crippen molar-refractivity contribution in [2.24, 2.45) is 5.92 Å². The molecular weight excluding hydrogens is 303 g/mol. The minimum Gasteiger partial charge on any atom is -0.468 e. The van der Waals surface area contributed by atoms with Gasteiger partial charge in [-0.15, -0.1) is 0 Å². The summed E-state index contributed by atoms with van der Waals surface area (Å²) in [6.45, 7) is 4.58. The van der Waals surface area contributed by atoms with Gasteiger partial charge in [-0.2, -0.15) is 13.2 Å². The highest BCUT2D eigenvalue weighted by Gasteiger charge is 2.29. The highest BCUT2D eigenvalue weighted by Crippen LogP contribution is 2.37. The number of esters is 1. The Morgan fingerprint density at radius 1 is 1.29 bits per heavy atom. The maximum Gasteiger partial charge on any atom is 0.446 e. The predicted molar refractivity (Wildman–Crippen MR) is 76.0 cm³/mol. The van der Waals surface area contributed by atoms with Gasteiger partial charge in [0.15, 0.2) is 0 Å². The normalized spacial score (nSPS) is 13.3. The minimum atomic E-state index is -4.32. The summed E-state index contributed by atoms with van der Waals surface area (Å²) in [5.41, 5.74) is -3.74. The van der Waals surface area contributed by atoms with E-state index < -0.39 is 17.5 Å². The van der Waals surface area contributed by atoms with Gasteiger partial charge in [-0.05, 0) is 41.9 Å². The van der Waals surface area contributed by atoms with E-state index in [1.165, 1.54) is 31.4 Å². The summed E-state index contributed by atoms with van der Waals surface area (Å²) in [5.74, 6) is -0.135. The molecule has 0 aromatic heterocycles. The quantitative estimate of drug-likeness (QED) is 0.639. The molecule has 1 aromatic carbocycles. The lowest BCUT2D eigenvalue weighted by molar-refractivity contribution is -0.143. The first kappa shape index (κ1) is 17.8. The molecule has 0 aliphatic heterocycles. The molecule has 0 aliphatic carbocycles. The van der Waals surface area contributed by atoms with Gasteiger partial charge in [-0.1, -0.05) is 26.0 Å². The van der Waals surface area contributed by atoms with Crippen LogP contribution in [-0.2, 0) is 9.53 Å². The fourth-order valence-corrected chi connectivity index (χ4v) is 2.21. The van der Waals surface area contributed by atoms with Gasteiger partial charge in [0.2, 0.25) is 0 Å². The van der Waals surface area contributed by atoms with Crippen LogP contribution in [0.2, 0.25) is 0 Å². The van der Waals surface area contributed by atoms with E-state index in [1.807, 2.05) is 13.8 Å². The summed E-state index contributed by atoms with van der Waals surface area (Å²) < 4.78 is 41.5. The largest absolute Gasteiger partial charge is 0.468 e. The topological polar surface area (TPSA) is 38.3 Å². The summed E-state index contributed by atoms with van der Waals surface area (Å²) in [6.07, 6.45) is 0. The van der Waals surface area contributed by atoms with E-state index >= 15 is 0 Å². The van der Waals surface area contributed by atoms with Crippen molar-refractivity contribution in [1.82, 2.24) is 5.32 Å². The van der Waals surface area contributed by atoms with Crippen molar-refractivity contribution in [3.63, 3.8) is 0 Å². The fraction of sp³-hybridized carbons (Fsp3) is 0.500. The summed E-state index contributed by atoms with van der Waals surface area (Å²) in [5, 5.41) is 3.05. The second-order valence-electron chi connectivity index (χ2n) is 4.88. The predicted octanol–water partition coefficient (Wildman–Crippen LogP) is 3.76. The van der Waals surface area contributed by atoms with Gasteiger partial charge in [0.1, 0.15) is 6.04 Å². The van der Waals surface area contributed by atoms with Crippen LogP contribution in [0.25, 0.3) is 0 Å². The van der Waals surface area contributed by atoms with E-state index in [0.717, 1.165) is 0 Å². The van der Waals surface area contributed by atoms with Gasteiger partial charge in [0, 0.05) is 4.90 Å². The number of halogens is 3. The standard InChI is InChI=1S/C14H18F3NO2S/c1-9(2)8-18-12(13(19)20-3)10-4-6-11(7-5-10)21-14(15,16)17/h4-7,9,12,18H,8H2,1-3H3. The summed E-state index contributed by atoms with van der Waals surface area (Å²) in [6, 6.07) is 5.02. The maximum absolute atomic E-state index is 12.3. The first-order valence-corrected chi connectivity index (χ1v) is 7.21. The van der Waals surface area contributed by atoms with Crippen molar-refractivity contribution >= 4 is 17.7 Å². The van der Waals surface area contributed by atoms with Gasteiger partial charge in [0.05, 0.1) is 7.11 Å². The maximum atomic E-state index is 12.3. The Kier molecular flexibility index (Phi) is 6.54. The van der Waals surface area contributed by atoms with Crippen molar-refractivity contribution in [3.05, 3.63) is 29.8 Å². The van der Waals surface area contributed by atoms with Crippen LogP contribution in [-0.4, -0.2) is 25.1 Å². The van der Waals surface area contributed by atoms with Crippen molar-refractivity contribution in [2.75, 3.05) is 13.7 Å². The zero-order valence-electron chi connectivity index (χ0n) is 12.0. The summed E-state index contributed by atoms with van der Waals surface area (Å²) >= 11 is -0.183. The summed E-state index contributed by atoms with van der Waals surface area (Å²) in [7, 11) is 1.28. The molecule has 3 nitrogen and oxygen atoms in total. The SMILES string of the molecule is COC(=O)C(NCC(C)C)c1ccc(SC(F)(F)F)cc1. The van der Waals surface area contributed by atoms with E-state index in [0.29, 0.717) is 18.0 Å². The molecule has 0 amide bonds. The number of rotatable bonds is 6. The third-order valence-corrected chi connectivity index (χ3v) is 3.35. The van der Waals surface area contributed by atoms with Gasteiger partial charge in [-0.3, -0.25) is 0 Å². The number of methoxy groups -OCH3 is 1. The van der Waals surface area contributed by atoms with Gasteiger partial charge < -0.3 is 10.1 Å². The van der Waals surface area contributed by atoms with Crippen molar-refractivity contribution in [2.45, 2.75) is 30.3 Å². The zero-order valence-corrected chi connectivity index (χ0v) is 12.8. The second kappa shape index (κ2) is 7.70. The molecule has 1 aromatic rings. The average Bonchev–Trinajstić information content (AvgIpc) is 2.38. The number of nitrogens with one attached hydrogen (secondary N) is 1. The smallest absolute Gasteiger partial charge is 0.446 e. The van der Waals surface area contributed by atoms with Crippen LogP contribution in [0.1, 0.15) is 25.5 Å². The molecule has 0 bridgehead atoms. The van der Waals surface area contributed by atoms with Crippen LogP contribution >= 0.6 is 11.8 Å². The molecule has 0 fully saturated rings. The van der Waals surface area contributed by atoms with E-state index in [9.17, 15) is 18.0 Å². The Balaban J connectivity index is 2.85. The number of carbonyl (C=O) groups excluding carboxylic acids is 1. The number of carbonyl (C=O) groups is 1. The van der Waals surface area contributed by atoms with Crippen molar-refractivity contribution < 1.29 is 22.7 Å². The van der Waals surface area contributed by atoms with Crippen LogP contribution in [0.15, 0.2) is 29.2 Å². The molecule has 118 valence electrons. The number of benzene rings is 1. The van der Waals surface area contributed by atoms with Gasteiger partial charge >= 0.3 is 11.5 Å². The second-order valence-corrected chi connectivity index (χ2v) is 6.01. The fourth-order valence-electron chi connectivity index (χ4n) is 1.67. The highest BCUT2D eigenvalue weighted by molar-refractivity contribution is 8.00. The van der Waals surface area contributed by atoms with E-state index in [4.69, 9.17) is 4.74 Å². The van der Waals surface area contributed by atoms with Crippen LogP contribution in [0.5, 0.6) is 0 Å². The summed E-state index contributed by atoms with van der Waals surface area (Å²) in [4.78, 5) is 11.9. The number of thioether (sulfide) groups is 1. The van der Waals surface area contributed by atoms with E-state index in [2.05, 4.69) is 5.32 Å². The molecule has 1 N–H and O–H groups in total. The molecule has 1 rings (SSSR count). The minimum absolute atomic E-state index is 0.0822. The molecule has 7 heteroatoms. The molecule has 1 atom stereocenters. The number of hydrogen-bond acceptors (Lipinski definition) is 4. The third-order valence-electron chi connectivity index (χ3n) is 2.61. The van der Waals surface area contributed by atoms with Crippen LogP contribution in [0, 0.1) is 5.92 Å². The molecule has 0 spiro atoms. The molecule has 0 saturated carbocycles. The number of hydrogen-bond donors (Lipinski definition) is 1. The molecular formula is C14H18F3NO2S. The van der Waals surface area contributed by atoms with Crippen LogP contribution in [0.4, 0.5) is 13.2 Å². The third kappa shape index (κ3) is 6.39. The van der Waals surface area contributed by atoms with E-state index in [-0.39, 0.29) is 16.7 Å². The van der Waals surface area contributed by atoms with E-state index in [1.54, 1.807) is 0 Å². The highest BCUT2D eigenvalue weighted by atomic mass is 32.2. The lowest BCUT2D eigenvalue weighted by Gasteiger charge is -2.18. The Morgan fingerprint density at radius 2 is 1.86 bits per heavy atom. The molecule has 0 heterocycles. The van der Waals surface area contributed by atoms with Crippen molar-refractivity contribution in [1.29, 1.82) is 0 Å². The lowest BCUT2D eigenvalue weighted by Crippen LogP contribution is -2.32. The molecule has 0 aliphatic rings. The molecule has 1 unspecified atom stereocenters. The first-order valence-electron chi connectivity index (χ1n) is 6.40. The molecule has 21 heavy (non-hydrogen) atoms. The van der Waals surface area contributed by atoms with Gasteiger partial charge in [-0.25, -0.2) is 4.79 Å². The molecule has 0 saturated heterocycles. The monoisotopic (exact) mass is 321 g/mol. The zero-order chi connectivity index (χ0) is 16.0. The van der Waals surface area contributed by atoms with Crippen LogP contribution in [0.3, 0.4) is 0 Å². The number of ether oxygens (including phenoxy) is 1. The van der Waals surface area contributed by atoms with Gasteiger partial charge in [0.25, 0.3) is 0 Å². The Hall–Kier alpha value is -1.21. The average molecular weight is 321 g/mol. The van der Waals surface area contributed by atoms with Crippen LogP contribution < -0.4 is 5.32 Å². The Morgan fingerprint density at radius 3 is 2.29 bits per heavy atom. The van der Waals surface area contributed by atoms with Crippen molar-refractivity contribution in [3.8, 4) is 0 Å². The lowest BCUT2D eigenvalue weighted by atomic mass is 10.1. The molecule has 0 radical (unpaired) electrons.